The molecule has 0 radical (unpaired) electrons. The second-order valence-electron chi connectivity index (χ2n) is 9.24. The van der Waals surface area contributed by atoms with Crippen molar-refractivity contribution in [2.45, 2.75) is 39.3 Å². The van der Waals surface area contributed by atoms with Crippen molar-refractivity contribution in [3.63, 3.8) is 0 Å². The smallest absolute Gasteiger partial charge is 0.410 e. The molecule has 0 aliphatic carbocycles. The number of nitrogens with zero attached hydrogens (tertiary/aromatic N) is 5. The lowest BCUT2D eigenvalue weighted by atomic mass is 10.0. The Morgan fingerprint density at radius 2 is 1.70 bits per heavy atom. The van der Waals surface area contributed by atoms with Crippen LogP contribution in [0.3, 0.4) is 0 Å². The van der Waals surface area contributed by atoms with E-state index in [4.69, 9.17) is 4.74 Å². The lowest BCUT2D eigenvalue weighted by Gasteiger charge is -2.41. The predicted octanol–water partition coefficient (Wildman–Crippen LogP) is 4.52. The van der Waals surface area contributed by atoms with Gasteiger partial charge in [0.15, 0.2) is 0 Å². The second-order valence-corrected chi connectivity index (χ2v) is 9.24. The maximum absolute atomic E-state index is 13.4. The zero-order valence-electron chi connectivity index (χ0n) is 19.4. The van der Waals surface area contributed by atoms with Crippen LogP contribution in [0.5, 0.6) is 0 Å². The number of piperazine rings is 1. The minimum Gasteiger partial charge on any atom is -0.444 e. The van der Waals surface area contributed by atoms with Crippen LogP contribution in [0.2, 0.25) is 0 Å². The van der Waals surface area contributed by atoms with Crippen LogP contribution in [-0.2, 0) is 4.74 Å². The molecule has 2 amide bonds. The van der Waals surface area contributed by atoms with Gasteiger partial charge in [-0.05, 0) is 33.3 Å². The molecule has 0 spiro atoms. The number of ether oxygens (including phenoxy) is 1. The second kappa shape index (κ2) is 9.05. The van der Waals surface area contributed by atoms with Gasteiger partial charge in [-0.1, -0.05) is 65.4 Å². The summed E-state index contributed by atoms with van der Waals surface area (Å²) in [6, 6.07) is 17.0. The summed E-state index contributed by atoms with van der Waals surface area (Å²) >= 11 is 0. The maximum atomic E-state index is 13.4. The Labute approximate surface area is 193 Å². The molecule has 2 heterocycles. The molecule has 0 bridgehead atoms. The Balaban J connectivity index is 1.57. The van der Waals surface area contributed by atoms with E-state index in [9.17, 15) is 9.59 Å². The number of carbonyl (C=O) groups excluding carboxylic acids is 2. The highest BCUT2D eigenvalue weighted by Crippen LogP contribution is 2.27. The van der Waals surface area contributed by atoms with Crippen LogP contribution >= 0.6 is 0 Å². The Morgan fingerprint density at radius 3 is 2.36 bits per heavy atom. The van der Waals surface area contributed by atoms with E-state index in [1.807, 2.05) is 82.3 Å². The zero-order valence-corrected chi connectivity index (χ0v) is 19.4. The molecule has 0 saturated carbocycles. The zero-order chi connectivity index (χ0) is 23.6. The fourth-order valence-electron chi connectivity index (χ4n) is 3.81. The van der Waals surface area contributed by atoms with Crippen LogP contribution in [0.1, 0.15) is 37.9 Å². The van der Waals surface area contributed by atoms with E-state index < -0.39 is 5.60 Å². The number of aryl methyl sites for hydroxylation is 1. The number of hydrogen-bond acceptors (Lipinski definition) is 5. The number of rotatable bonds is 2. The summed E-state index contributed by atoms with van der Waals surface area (Å²) in [4.78, 5) is 29.5. The van der Waals surface area contributed by atoms with Crippen LogP contribution in [0.4, 0.5) is 9.59 Å². The van der Waals surface area contributed by atoms with Crippen LogP contribution in [0, 0.1) is 6.92 Å². The van der Waals surface area contributed by atoms with Gasteiger partial charge in [0, 0.05) is 25.2 Å². The number of amides is 2. The first-order valence-electron chi connectivity index (χ1n) is 11.0. The van der Waals surface area contributed by atoms with Gasteiger partial charge < -0.3 is 14.5 Å². The Bertz CT molecular complexity index is 1120. The van der Waals surface area contributed by atoms with E-state index in [0.717, 1.165) is 16.7 Å². The molecule has 1 unspecified atom stereocenters. The van der Waals surface area contributed by atoms with Gasteiger partial charge in [0.25, 0.3) is 0 Å². The van der Waals surface area contributed by atoms with Crippen molar-refractivity contribution in [2.24, 2.45) is 0 Å². The topological polar surface area (TPSA) is 80.6 Å². The van der Waals surface area contributed by atoms with Crippen LogP contribution in [0.25, 0.3) is 11.3 Å². The molecule has 1 saturated heterocycles. The first-order valence-corrected chi connectivity index (χ1v) is 11.0. The summed E-state index contributed by atoms with van der Waals surface area (Å²) < 4.78 is 6.83. The van der Waals surface area contributed by atoms with Crippen molar-refractivity contribution in [2.75, 3.05) is 19.6 Å². The van der Waals surface area contributed by atoms with Crippen molar-refractivity contribution in [3.8, 4) is 11.3 Å². The lowest BCUT2D eigenvalue weighted by molar-refractivity contribution is 0.00871. The van der Waals surface area contributed by atoms with E-state index >= 15 is 0 Å². The summed E-state index contributed by atoms with van der Waals surface area (Å²) in [5, 5.41) is 8.29. The molecule has 2 aromatic carbocycles. The van der Waals surface area contributed by atoms with Gasteiger partial charge in [0.05, 0.1) is 12.2 Å². The molecule has 172 valence electrons. The highest BCUT2D eigenvalue weighted by Gasteiger charge is 2.36. The van der Waals surface area contributed by atoms with Gasteiger partial charge >= 0.3 is 12.1 Å². The average molecular weight is 448 g/mol. The summed E-state index contributed by atoms with van der Waals surface area (Å²) in [6.45, 7) is 8.62. The molecule has 1 fully saturated rings. The number of benzene rings is 2. The van der Waals surface area contributed by atoms with Crippen LogP contribution in [0.15, 0.2) is 60.8 Å². The van der Waals surface area contributed by atoms with Crippen molar-refractivity contribution in [1.82, 2.24) is 24.8 Å². The maximum Gasteiger partial charge on any atom is 0.410 e. The molecular formula is C25H29N5O3. The standard InChI is InChI=1S/C25H29N5O3/c1-18-10-12-19(13-11-18)21-16-30(27-26-21)23(31)29-15-14-28(24(32)33-25(2,3)4)17-22(29)20-8-6-5-7-9-20/h5-13,16,22H,14-15,17H2,1-4H3. The molecule has 1 aromatic heterocycles. The quantitative estimate of drug-likeness (QED) is 0.577. The van der Waals surface area contributed by atoms with Gasteiger partial charge in [0.2, 0.25) is 0 Å². The molecule has 4 rings (SSSR count). The Morgan fingerprint density at radius 1 is 1.00 bits per heavy atom. The Hall–Kier alpha value is -3.68. The van der Waals surface area contributed by atoms with Gasteiger partial charge in [-0.15, -0.1) is 5.10 Å². The molecule has 1 aliphatic heterocycles. The number of aromatic nitrogens is 3. The highest BCUT2D eigenvalue weighted by atomic mass is 16.6. The molecule has 1 atom stereocenters. The first kappa shape index (κ1) is 22.5. The third-order valence-corrected chi connectivity index (χ3v) is 5.50. The monoisotopic (exact) mass is 447 g/mol. The average Bonchev–Trinajstić information content (AvgIpc) is 3.28. The SMILES string of the molecule is Cc1ccc(-c2cn(C(=O)N3CCN(C(=O)OC(C)(C)C)CC3c3ccccc3)nn2)cc1. The van der Waals surface area contributed by atoms with E-state index in [1.165, 1.54) is 4.68 Å². The lowest BCUT2D eigenvalue weighted by Crippen LogP contribution is -2.54. The van der Waals surface area contributed by atoms with Crippen LogP contribution in [-0.4, -0.2) is 62.2 Å². The largest absolute Gasteiger partial charge is 0.444 e. The minimum absolute atomic E-state index is 0.279. The van der Waals surface area contributed by atoms with E-state index in [1.54, 1.807) is 16.0 Å². The summed E-state index contributed by atoms with van der Waals surface area (Å²) in [5.74, 6) is 0. The Kier molecular flexibility index (Phi) is 6.18. The van der Waals surface area contributed by atoms with E-state index in [-0.39, 0.29) is 18.2 Å². The number of hydrogen-bond donors (Lipinski definition) is 0. The van der Waals surface area contributed by atoms with E-state index in [2.05, 4.69) is 10.3 Å². The van der Waals surface area contributed by atoms with E-state index in [0.29, 0.717) is 25.3 Å². The summed E-state index contributed by atoms with van der Waals surface area (Å²) in [5.41, 5.74) is 3.04. The fraction of sp³-hybridized carbons (Fsp3) is 0.360. The molecule has 8 nitrogen and oxygen atoms in total. The van der Waals surface area contributed by atoms with Crippen LogP contribution < -0.4 is 0 Å². The van der Waals surface area contributed by atoms with Crippen molar-refractivity contribution >= 4 is 12.1 Å². The third kappa shape index (κ3) is 5.22. The predicted molar refractivity (Wildman–Crippen MR) is 125 cm³/mol. The third-order valence-electron chi connectivity index (χ3n) is 5.50. The minimum atomic E-state index is -0.584. The highest BCUT2D eigenvalue weighted by molar-refractivity contribution is 5.78. The summed E-state index contributed by atoms with van der Waals surface area (Å²) in [6.07, 6.45) is 1.27. The molecule has 8 heteroatoms. The molecule has 0 N–H and O–H groups in total. The molecule has 33 heavy (non-hydrogen) atoms. The fourth-order valence-corrected chi connectivity index (χ4v) is 3.81. The van der Waals surface area contributed by atoms with Gasteiger partial charge in [-0.2, -0.15) is 4.68 Å². The number of carbonyl (C=O) groups is 2. The normalized spacial score (nSPS) is 16.5. The summed E-state index contributed by atoms with van der Waals surface area (Å²) in [7, 11) is 0. The molecule has 1 aliphatic rings. The molecular weight excluding hydrogens is 418 g/mol. The van der Waals surface area contributed by atoms with Crippen molar-refractivity contribution in [3.05, 3.63) is 71.9 Å². The van der Waals surface area contributed by atoms with Gasteiger partial charge in [0.1, 0.15) is 11.3 Å². The van der Waals surface area contributed by atoms with Crippen molar-refractivity contribution < 1.29 is 14.3 Å². The first-order chi connectivity index (χ1) is 15.7. The van der Waals surface area contributed by atoms with Gasteiger partial charge in [-0.25, -0.2) is 9.59 Å². The van der Waals surface area contributed by atoms with Crippen molar-refractivity contribution in [1.29, 1.82) is 0 Å². The molecule has 3 aromatic rings. The van der Waals surface area contributed by atoms with Gasteiger partial charge in [-0.3, -0.25) is 0 Å².